The number of hydrogen-bond acceptors (Lipinski definition) is 5. The Morgan fingerprint density at radius 2 is 2.05 bits per heavy atom. The summed E-state index contributed by atoms with van der Waals surface area (Å²) in [5, 5.41) is 2.91. The average molecular weight is 258 g/mol. The summed E-state index contributed by atoms with van der Waals surface area (Å²) in [6.07, 6.45) is 0. The fourth-order valence-corrected chi connectivity index (χ4v) is 1.59. The summed E-state index contributed by atoms with van der Waals surface area (Å²) in [7, 11) is 1.75. The molecule has 6 nitrogen and oxygen atoms in total. The Bertz CT molecular complexity index is 613. The number of para-hydroxylation sites is 1. The molecule has 0 radical (unpaired) electrons. The molecule has 1 heterocycles. The van der Waals surface area contributed by atoms with Gasteiger partial charge in [0.1, 0.15) is 17.4 Å². The van der Waals surface area contributed by atoms with Crippen molar-refractivity contribution >= 4 is 11.7 Å². The molecule has 3 N–H and O–H groups in total. The van der Waals surface area contributed by atoms with Crippen molar-refractivity contribution < 1.29 is 9.53 Å². The molecule has 0 spiro atoms. The van der Waals surface area contributed by atoms with Crippen molar-refractivity contribution in [3.8, 4) is 11.6 Å². The minimum atomic E-state index is -0.546. The predicted molar refractivity (Wildman–Crippen MR) is 71.3 cm³/mol. The van der Waals surface area contributed by atoms with Crippen molar-refractivity contribution in [2.75, 3.05) is 12.4 Å². The minimum absolute atomic E-state index is 0.310. The van der Waals surface area contributed by atoms with Gasteiger partial charge in [-0.25, -0.2) is 4.98 Å². The van der Waals surface area contributed by atoms with Crippen LogP contribution in [0.3, 0.4) is 0 Å². The molecule has 0 saturated carbocycles. The van der Waals surface area contributed by atoms with Gasteiger partial charge in [0.15, 0.2) is 0 Å². The second-order valence-corrected chi connectivity index (χ2v) is 3.85. The van der Waals surface area contributed by atoms with Gasteiger partial charge in [-0.2, -0.15) is 4.98 Å². The van der Waals surface area contributed by atoms with Gasteiger partial charge in [0.2, 0.25) is 5.88 Å². The zero-order valence-electron chi connectivity index (χ0n) is 10.7. The van der Waals surface area contributed by atoms with E-state index < -0.39 is 5.91 Å². The molecule has 0 atom stereocenters. The molecule has 2 aromatic rings. The number of hydrogen-bond donors (Lipinski definition) is 2. The van der Waals surface area contributed by atoms with Crippen LogP contribution in [0.25, 0.3) is 0 Å². The zero-order chi connectivity index (χ0) is 13.8. The summed E-state index contributed by atoms with van der Waals surface area (Å²) >= 11 is 0. The maximum absolute atomic E-state index is 11.3. The van der Waals surface area contributed by atoms with Crippen LogP contribution < -0.4 is 15.8 Å². The monoisotopic (exact) mass is 258 g/mol. The fraction of sp³-hybridized carbons (Fsp3) is 0.154. The first-order valence-electron chi connectivity index (χ1n) is 5.70. The number of carbonyl (C=O) groups excluding carboxylic acids is 1. The molecule has 0 unspecified atom stereocenters. The molecule has 98 valence electrons. The van der Waals surface area contributed by atoms with Gasteiger partial charge in [0.05, 0.1) is 5.56 Å². The lowest BCUT2D eigenvalue weighted by atomic mass is 10.2. The second-order valence-electron chi connectivity index (χ2n) is 3.85. The van der Waals surface area contributed by atoms with E-state index in [0.717, 1.165) is 0 Å². The molecular formula is C13H14N4O2. The van der Waals surface area contributed by atoms with Crippen molar-refractivity contribution in [1.29, 1.82) is 0 Å². The van der Waals surface area contributed by atoms with Gasteiger partial charge in [-0.3, -0.25) is 4.79 Å². The number of primary amides is 1. The van der Waals surface area contributed by atoms with E-state index >= 15 is 0 Å². The molecule has 0 aliphatic carbocycles. The summed E-state index contributed by atoms with van der Waals surface area (Å²) in [6, 6.07) is 8.39. The quantitative estimate of drug-likeness (QED) is 0.871. The summed E-state index contributed by atoms with van der Waals surface area (Å²) < 4.78 is 5.60. The van der Waals surface area contributed by atoms with E-state index in [4.69, 9.17) is 10.5 Å². The molecule has 19 heavy (non-hydrogen) atoms. The smallest absolute Gasteiger partial charge is 0.252 e. The van der Waals surface area contributed by atoms with Crippen LogP contribution >= 0.6 is 0 Å². The van der Waals surface area contributed by atoms with E-state index in [1.165, 1.54) is 0 Å². The van der Waals surface area contributed by atoms with Crippen molar-refractivity contribution in [3.63, 3.8) is 0 Å². The number of amides is 1. The molecule has 0 saturated heterocycles. The van der Waals surface area contributed by atoms with Crippen LogP contribution in [-0.2, 0) is 0 Å². The Morgan fingerprint density at radius 1 is 1.32 bits per heavy atom. The minimum Gasteiger partial charge on any atom is -0.438 e. The van der Waals surface area contributed by atoms with Crippen molar-refractivity contribution in [3.05, 3.63) is 41.7 Å². The van der Waals surface area contributed by atoms with Crippen molar-refractivity contribution in [1.82, 2.24) is 9.97 Å². The first-order chi connectivity index (χ1) is 9.10. The number of benzene rings is 1. The highest BCUT2D eigenvalue weighted by molar-refractivity contribution is 5.95. The maximum Gasteiger partial charge on any atom is 0.252 e. The molecule has 1 aromatic carbocycles. The van der Waals surface area contributed by atoms with Crippen molar-refractivity contribution in [2.24, 2.45) is 5.73 Å². The first-order valence-corrected chi connectivity index (χ1v) is 5.70. The SMILES string of the molecule is CNc1cc(Oc2ccccc2C(N)=O)nc(C)n1. The molecule has 2 rings (SSSR count). The van der Waals surface area contributed by atoms with Gasteiger partial charge >= 0.3 is 0 Å². The number of rotatable bonds is 4. The summed E-state index contributed by atoms with van der Waals surface area (Å²) in [5.74, 6) is 1.38. The Morgan fingerprint density at radius 3 is 2.74 bits per heavy atom. The van der Waals surface area contributed by atoms with Gasteiger partial charge in [-0.1, -0.05) is 12.1 Å². The summed E-state index contributed by atoms with van der Waals surface area (Å²) in [5.41, 5.74) is 5.60. The Balaban J connectivity index is 2.36. The van der Waals surface area contributed by atoms with Gasteiger partial charge in [0.25, 0.3) is 5.91 Å². The number of carbonyl (C=O) groups is 1. The standard InChI is InChI=1S/C13H14N4O2/c1-8-16-11(15-2)7-12(17-8)19-10-6-4-3-5-9(10)13(14)18/h3-7H,1-2H3,(H2,14,18)(H,15,16,17). The lowest BCUT2D eigenvalue weighted by molar-refractivity contribution is 0.0998. The third kappa shape index (κ3) is 2.98. The largest absolute Gasteiger partial charge is 0.438 e. The van der Waals surface area contributed by atoms with E-state index in [1.54, 1.807) is 44.3 Å². The highest BCUT2D eigenvalue weighted by atomic mass is 16.5. The molecule has 6 heteroatoms. The van der Waals surface area contributed by atoms with E-state index in [9.17, 15) is 4.79 Å². The predicted octanol–water partition coefficient (Wildman–Crippen LogP) is 1.72. The third-order valence-electron chi connectivity index (χ3n) is 2.44. The van der Waals surface area contributed by atoms with E-state index in [2.05, 4.69) is 15.3 Å². The van der Waals surface area contributed by atoms with Crippen LogP contribution in [0.2, 0.25) is 0 Å². The van der Waals surface area contributed by atoms with Crippen molar-refractivity contribution in [2.45, 2.75) is 6.92 Å². The Hall–Kier alpha value is -2.63. The first kappa shape index (κ1) is 12.8. The summed E-state index contributed by atoms with van der Waals surface area (Å²) in [6.45, 7) is 1.76. The molecule has 0 fully saturated rings. The molecule has 0 bridgehead atoms. The fourth-order valence-electron chi connectivity index (χ4n) is 1.59. The van der Waals surface area contributed by atoms with Crippen LogP contribution in [0.4, 0.5) is 5.82 Å². The zero-order valence-corrected chi connectivity index (χ0v) is 10.7. The number of ether oxygens (including phenoxy) is 1. The molecule has 1 aromatic heterocycles. The number of aromatic nitrogens is 2. The molecule has 1 amide bonds. The number of nitrogens with zero attached hydrogens (tertiary/aromatic N) is 2. The van der Waals surface area contributed by atoms with Gasteiger partial charge in [-0.15, -0.1) is 0 Å². The number of anilines is 1. The second kappa shape index (κ2) is 5.34. The maximum atomic E-state index is 11.3. The number of nitrogens with one attached hydrogen (secondary N) is 1. The van der Waals surface area contributed by atoms with Crippen LogP contribution in [-0.4, -0.2) is 22.9 Å². The highest BCUT2D eigenvalue weighted by Crippen LogP contribution is 2.24. The van der Waals surface area contributed by atoms with E-state index in [-0.39, 0.29) is 0 Å². The molecule has 0 aliphatic heterocycles. The number of aryl methyl sites for hydroxylation is 1. The van der Waals surface area contributed by atoms with Crippen LogP contribution in [0.1, 0.15) is 16.2 Å². The summed E-state index contributed by atoms with van der Waals surface area (Å²) in [4.78, 5) is 19.6. The highest BCUT2D eigenvalue weighted by Gasteiger charge is 2.10. The molecular weight excluding hydrogens is 244 g/mol. The lowest BCUT2D eigenvalue weighted by Crippen LogP contribution is -2.12. The normalized spacial score (nSPS) is 10.0. The van der Waals surface area contributed by atoms with E-state index in [1.807, 2.05) is 0 Å². The molecule has 0 aliphatic rings. The number of nitrogens with two attached hydrogens (primary N) is 1. The topological polar surface area (TPSA) is 90.1 Å². The van der Waals surface area contributed by atoms with E-state index in [0.29, 0.717) is 28.8 Å². The average Bonchev–Trinajstić information content (AvgIpc) is 2.38. The van der Waals surface area contributed by atoms with Crippen LogP contribution in [0, 0.1) is 6.92 Å². The van der Waals surface area contributed by atoms with Gasteiger partial charge in [-0.05, 0) is 19.1 Å². The van der Waals surface area contributed by atoms with Crippen LogP contribution in [0.5, 0.6) is 11.6 Å². The Kier molecular flexibility index (Phi) is 3.61. The van der Waals surface area contributed by atoms with Gasteiger partial charge < -0.3 is 15.8 Å². The lowest BCUT2D eigenvalue weighted by Gasteiger charge is -2.09. The van der Waals surface area contributed by atoms with Crippen LogP contribution in [0.15, 0.2) is 30.3 Å². The van der Waals surface area contributed by atoms with Gasteiger partial charge in [0, 0.05) is 13.1 Å². The Labute approximate surface area is 110 Å². The third-order valence-corrected chi connectivity index (χ3v) is 2.44.